The first-order chi connectivity index (χ1) is 9.17. The lowest BCUT2D eigenvalue weighted by atomic mass is 9.84. The maximum atomic E-state index is 13.8. The molecule has 0 aliphatic heterocycles. The number of anilines is 1. The van der Waals surface area contributed by atoms with E-state index in [2.05, 4.69) is 34.8 Å². The zero-order valence-electron chi connectivity index (χ0n) is 11.8. The van der Waals surface area contributed by atoms with Crippen molar-refractivity contribution in [3.05, 3.63) is 29.6 Å². The highest BCUT2D eigenvalue weighted by atomic mass is 79.9. The van der Waals surface area contributed by atoms with Crippen LogP contribution in [0.4, 0.5) is 10.1 Å². The Kier molecular flexibility index (Phi) is 5.26. The van der Waals surface area contributed by atoms with Crippen molar-refractivity contribution in [3.8, 4) is 0 Å². The fourth-order valence-corrected chi connectivity index (χ4v) is 3.70. The first kappa shape index (κ1) is 14.8. The van der Waals surface area contributed by atoms with Crippen LogP contribution in [0.1, 0.15) is 44.6 Å². The van der Waals surface area contributed by atoms with Crippen LogP contribution in [0.3, 0.4) is 0 Å². The van der Waals surface area contributed by atoms with Crippen LogP contribution < -0.4 is 4.90 Å². The summed E-state index contributed by atoms with van der Waals surface area (Å²) >= 11 is 3.41. The maximum absolute atomic E-state index is 13.8. The molecule has 0 unspecified atom stereocenters. The molecule has 19 heavy (non-hydrogen) atoms. The molecule has 2 rings (SSSR count). The molecule has 1 nitrogen and oxygen atoms in total. The highest BCUT2D eigenvalue weighted by Crippen LogP contribution is 2.33. The summed E-state index contributed by atoms with van der Waals surface area (Å²) in [5.74, 6) is 0.788. The number of nitrogens with zero attached hydrogens (tertiary/aromatic N) is 1. The molecule has 0 aromatic heterocycles. The predicted octanol–water partition coefficient (Wildman–Crippen LogP) is 5.13. The van der Waals surface area contributed by atoms with E-state index in [9.17, 15) is 4.39 Å². The van der Waals surface area contributed by atoms with Crippen LogP contribution in [-0.4, -0.2) is 13.1 Å². The van der Waals surface area contributed by atoms with Crippen molar-refractivity contribution in [2.24, 2.45) is 5.92 Å². The molecule has 1 aromatic carbocycles. The van der Waals surface area contributed by atoms with E-state index in [4.69, 9.17) is 0 Å². The van der Waals surface area contributed by atoms with Gasteiger partial charge in [0.1, 0.15) is 5.82 Å². The lowest BCUT2D eigenvalue weighted by Gasteiger charge is -2.36. The van der Waals surface area contributed by atoms with Crippen molar-refractivity contribution in [2.75, 3.05) is 11.9 Å². The van der Waals surface area contributed by atoms with Gasteiger partial charge in [0.05, 0.1) is 0 Å². The quantitative estimate of drug-likeness (QED) is 0.693. The average molecular weight is 328 g/mol. The second-order valence-electron chi connectivity index (χ2n) is 5.56. The molecule has 0 radical (unpaired) electrons. The van der Waals surface area contributed by atoms with E-state index in [1.54, 1.807) is 6.07 Å². The van der Waals surface area contributed by atoms with Gasteiger partial charge in [-0.3, -0.25) is 0 Å². The Bertz CT molecular complexity index is 413. The monoisotopic (exact) mass is 327 g/mol. The second kappa shape index (κ2) is 6.74. The van der Waals surface area contributed by atoms with Crippen LogP contribution in [-0.2, 0) is 5.33 Å². The molecular formula is C16H23BrFN. The molecule has 1 aromatic rings. The largest absolute Gasteiger partial charge is 0.371 e. The van der Waals surface area contributed by atoms with E-state index in [0.29, 0.717) is 11.4 Å². The van der Waals surface area contributed by atoms with Crippen molar-refractivity contribution < 1.29 is 4.39 Å². The summed E-state index contributed by atoms with van der Waals surface area (Å²) in [4.78, 5) is 2.28. The van der Waals surface area contributed by atoms with Crippen LogP contribution in [0.5, 0.6) is 0 Å². The highest BCUT2D eigenvalue weighted by Gasteiger charge is 2.24. The van der Waals surface area contributed by atoms with Gasteiger partial charge in [-0.25, -0.2) is 4.39 Å². The summed E-state index contributed by atoms with van der Waals surface area (Å²) in [6.07, 6.45) is 6.37. The first-order valence-corrected chi connectivity index (χ1v) is 8.35. The van der Waals surface area contributed by atoms with E-state index in [0.717, 1.165) is 17.2 Å². The van der Waals surface area contributed by atoms with Crippen molar-refractivity contribution in [2.45, 2.75) is 50.4 Å². The number of benzene rings is 1. The van der Waals surface area contributed by atoms with Gasteiger partial charge in [-0.05, 0) is 43.7 Å². The minimum atomic E-state index is -0.108. The summed E-state index contributed by atoms with van der Waals surface area (Å²) in [5.41, 5.74) is 1.82. The van der Waals surface area contributed by atoms with Gasteiger partial charge in [-0.15, -0.1) is 0 Å². The van der Waals surface area contributed by atoms with Gasteiger partial charge in [-0.1, -0.05) is 35.3 Å². The fraction of sp³-hybridized carbons (Fsp3) is 0.625. The van der Waals surface area contributed by atoms with Gasteiger partial charge in [-0.2, -0.15) is 0 Å². The maximum Gasteiger partial charge on any atom is 0.129 e. The van der Waals surface area contributed by atoms with Crippen LogP contribution in [0, 0.1) is 11.7 Å². The van der Waals surface area contributed by atoms with Gasteiger partial charge in [0, 0.05) is 29.7 Å². The van der Waals surface area contributed by atoms with Gasteiger partial charge in [0.25, 0.3) is 0 Å². The smallest absolute Gasteiger partial charge is 0.129 e. The van der Waals surface area contributed by atoms with Crippen molar-refractivity contribution in [1.82, 2.24) is 0 Å². The minimum absolute atomic E-state index is 0.108. The SMILES string of the molecule is CCC1CCC(N(C)c2cccc(F)c2CBr)CC1. The Hall–Kier alpha value is -0.570. The average Bonchev–Trinajstić information content (AvgIpc) is 2.46. The van der Waals surface area contributed by atoms with Crippen molar-refractivity contribution >= 4 is 21.6 Å². The molecule has 3 heteroatoms. The van der Waals surface area contributed by atoms with E-state index >= 15 is 0 Å². The van der Waals surface area contributed by atoms with Gasteiger partial charge in [0.2, 0.25) is 0 Å². The van der Waals surface area contributed by atoms with Gasteiger partial charge < -0.3 is 4.90 Å². The standard InChI is InChI=1S/C16H23BrFN/c1-3-12-7-9-13(10-8-12)19(2)16-6-4-5-15(18)14(16)11-17/h4-6,12-13H,3,7-11H2,1-2H3. The summed E-state index contributed by atoms with van der Waals surface area (Å²) in [5, 5.41) is 0.573. The fourth-order valence-electron chi connectivity index (χ4n) is 3.15. The van der Waals surface area contributed by atoms with Crippen molar-refractivity contribution in [3.63, 3.8) is 0 Å². The summed E-state index contributed by atoms with van der Waals surface area (Å²) in [6.45, 7) is 2.28. The molecule has 106 valence electrons. The molecule has 1 saturated carbocycles. The van der Waals surface area contributed by atoms with E-state index in [1.165, 1.54) is 32.1 Å². The number of hydrogen-bond acceptors (Lipinski definition) is 1. The minimum Gasteiger partial charge on any atom is -0.371 e. The van der Waals surface area contributed by atoms with E-state index in [1.807, 2.05) is 12.1 Å². The van der Waals surface area contributed by atoms with Crippen LogP contribution in [0.2, 0.25) is 0 Å². The Balaban J connectivity index is 2.12. The molecule has 1 aliphatic carbocycles. The molecule has 0 bridgehead atoms. The predicted molar refractivity (Wildman–Crippen MR) is 83.5 cm³/mol. The lowest BCUT2D eigenvalue weighted by Crippen LogP contribution is -2.35. The highest BCUT2D eigenvalue weighted by molar-refractivity contribution is 9.08. The lowest BCUT2D eigenvalue weighted by molar-refractivity contribution is 0.313. The molecule has 1 fully saturated rings. The number of alkyl halides is 1. The molecular weight excluding hydrogens is 305 g/mol. The van der Waals surface area contributed by atoms with E-state index in [-0.39, 0.29) is 5.82 Å². The molecule has 0 saturated heterocycles. The number of hydrogen-bond donors (Lipinski definition) is 0. The Labute approximate surface area is 124 Å². The van der Waals surface area contributed by atoms with Crippen LogP contribution in [0.15, 0.2) is 18.2 Å². The van der Waals surface area contributed by atoms with Gasteiger partial charge >= 0.3 is 0 Å². The number of rotatable bonds is 4. The molecule has 1 aliphatic rings. The normalized spacial score (nSPS) is 23.4. The zero-order chi connectivity index (χ0) is 13.8. The van der Waals surface area contributed by atoms with Crippen LogP contribution >= 0.6 is 15.9 Å². The van der Waals surface area contributed by atoms with Crippen molar-refractivity contribution in [1.29, 1.82) is 0 Å². The topological polar surface area (TPSA) is 3.24 Å². The molecule has 0 heterocycles. The Morgan fingerprint density at radius 2 is 1.95 bits per heavy atom. The summed E-state index contributed by atoms with van der Waals surface area (Å²) in [7, 11) is 2.11. The molecule has 0 amide bonds. The zero-order valence-corrected chi connectivity index (χ0v) is 13.4. The second-order valence-corrected chi connectivity index (χ2v) is 6.13. The number of halogens is 2. The summed E-state index contributed by atoms with van der Waals surface area (Å²) < 4.78 is 13.8. The van der Waals surface area contributed by atoms with Gasteiger partial charge in [0.15, 0.2) is 0 Å². The third kappa shape index (κ3) is 3.31. The van der Waals surface area contributed by atoms with E-state index < -0.39 is 0 Å². The van der Waals surface area contributed by atoms with Crippen LogP contribution in [0.25, 0.3) is 0 Å². The Morgan fingerprint density at radius 3 is 2.53 bits per heavy atom. The Morgan fingerprint density at radius 1 is 1.26 bits per heavy atom. The molecule has 0 atom stereocenters. The first-order valence-electron chi connectivity index (χ1n) is 7.23. The molecule has 0 N–H and O–H groups in total. The molecule has 0 spiro atoms. The third-order valence-electron chi connectivity index (χ3n) is 4.55. The summed E-state index contributed by atoms with van der Waals surface area (Å²) in [6, 6.07) is 5.95. The third-order valence-corrected chi connectivity index (χ3v) is 5.11.